The van der Waals surface area contributed by atoms with Gasteiger partial charge in [-0.25, -0.2) is 0 Å². The van der Waals surface area contributed by atoms with Crippen LogP contribution in [0.5, 0.6) is 0 Å². The van der Waals surface area contributed by atoms with Crippen LogP contribution in [0.25, 0.3) is 5.70 Å². The van der Waals surface area contributed by atoms with E-state index >= 15 is 0 Å². The molecule has 1 aromatic rings. The number of benzene rings is 1. The number of rotatable bonds is 3. The number of amides is 2. The minimum atomic E-state index is -4.48. The second-order valence-corrected chi connectivity index (χ2v) is 4.28. The molecular formula is C13H11F3N2O2. The Kier molecular flexibility index (Phi) is 3.52. The lowest BCUT2D eigenvalue weighted by molar-refractivity contribution is -0.138. The molecule has 1 aliphatic heterocycles. The fourth-order valence-electron chi connectivity index (χ4n) is 1.90. The molecule has 2 amide bonds. The lowest BCUT2D eigenvalue weighted by Gasteiger charge is -2.17. The lowest BCUT2D eigenvalue weighted by Crippen LogP contribution is -2.40. The maximum atomic E-state index is 12.0. The van der Waals surface area contributed by atoms with Gasteiger partial charge >= 0.3 is 6.18 Å². The van der Waals surface area contributed by atoms with Crippen molar-refractivity contribution < 1.29 is 22.8 Å². The average molecular weight is 284 g/mol. The Hall–Kier alpha value is -2.31. The van der Waals surface area contributed by atoms with Crippen LogP contribution in [0.4, 0.5) is 13.2 Å². The summed E-state index contributed by atoms with van der Waals surface area (Å²) in [5.74, 6) is -1.32. The van der Waals surface area contributed by atoms with Gasteiger partial charge < -0.3 is 5.32 Å². The summed E-state index contributed by atoms with van der Waals surface area (Å²) in [6.07, 6.45) is -4.48. The number of carbonyl (C=O) groups is 2. The number of hydrogen-bond donors (Lipinski definition) is 1. The van der Waals surface area contributed by atoms with Gasteiger partial charge in [-0.2, -0.15) is 13.2 Å². The third-order valence-electron chi connectivity index (χ3n) is 2.83. The first-order valence-corrected chi connectivity index (χ1v) is 5.73. The van der Waals surface area contributed by atoms with E-state index in [-0.39, 0.29) is 0 Å². The molecule has 2 rings (SSSR count). The van der Waals surface area contributed by atoms with E-state index in [9.17, 15) is 22.8 Å². The van der Waals surface area contributed by atoms with E-state index in [2.05, 4.69) is 6.58 Å². The zero-order chi connectivity index (χ0) is 14.9. The summed E-state index contributed by atoms with van der Waals surface area (Å²) >= 11 is 0. The zero-order valence-corrected chi connectivity index (χ0v) is 10.3. The molecule has 0 saturated carbocycles. The SMILES string of the molecule is C=C1c2ccccc2C(=O)N1CC(=O)NCC(F)(F)F. The van der Waals surface area contributed by atoms with Crippen molar-refractivity contribution in [2.45, 2.75) is 6.18 Å². The van der Waals surface area contributed by atoms with Crippen molar-refractivity contribution in [2.24, 2.45) is 0 Å². The summed E-state index contributed by atoms with van der Waals surface area (Å²) in [4.78, 5) is 24.5. The monoisotopic (exact) mass is 284 g/mol. The molecule has 0 bridgehead atoms. The summed E-state index contributed by atoms with van der Waals surface area (Å²) in [6, 6.07) is 6.63. The van der Waals surface area contributed by atoms with Gasteiger partial charge in [0.15, 0.2) is 0 Å². The van der Waals surface area contributed by atoms with Crippen molar-refractivity contribution >= 4 is 17.5 Å². The van der Waals surface area contributed by atoms with Crippen LogP contribution in [0.1, 0.15) is 15.9 Å². The molecule has 1 N–H and O–H groups in total. The summed E-state index contributed by atoms with van der Waals surface area (Å²) in [5.41, 5.74) is 1.29. The molecule has 0 radical (unpaired) electrons. The highest BCUT2D eigenvalue weighted by Crippen LogP contribution is 2.30. The number of halogens is 3. The van der Waals surface area contributed by atoms with Gasteiger partial charge in [0, 0.05) is 16.8 Å². The van der Waals surface area contributed by atoms with Gasteiger partial charge in [0.25, 0.3) is 5.91 Å². The predicted molar refractivity (Wildman–Crippen MR) is 65.6 cm³/mol. The molecular weight excluding hydrogens is 273 g/mol. The molecule has 1 aromatic carbocycles. The summed E-state index contributed by atoms with van der Waals surface area (Å²) in [5, 5.41) is 1.72. The smallest absolute Gasteiger partial charge is 0.345 e. The number of carbonyl (C=O) groups excluding carboxylic acids is 2. The third-order valence-corrected chi connectivity index (χ3v) is 2.83. The quantitative estimate of drug-likeness (QED) is 0.920. The number of nitrogens with zero attached hydrogens (tertiary/aromatic N) is 1. The third kappa shape index (κ3) is 2.81. The molecule has 106 valence electrons. The maximum Gasteiger partial charge on any atom is 0.405 e. The van der Waals surface area contributed by atoms with Crippen LogP contribution in [0, 0.1) is 0 Å². The van der Waals surface area contributed by atoms with E-state index in [1.54, 1.807) is 29.6 Å². The van der Waals surface area contributed by atoms with E-state index < -0.39 is 31.1 Å². The fraction of sp³-hybridized carbons (Fsp3) is 0.231. The lowest BCUT2D eigenvalue weighted by atomic mass is 10.1. The summed E-state index contributed by atoms with van der Waals surface area (Å²) in [7, 11) is 0. The van der Waals surface area contributed by atoms with Gasteiger partial charge in [0.1, 0.15) is 13.1 Å². The molecule has 0 aromatic heterocycles. The Labute approximate surface area is 112 Å². The van der Waals surface area contributed by atoms with Crippen LogP contribution in [-0.2, 0) is 4.79 Å². The normalized spacial score (nSPS) is 14.4. The second kappa shape index (κ2) is 4.99. The minimum absolute atomic E-state index is 0.313. The van der Waals surface area contributed by atoms with E-state index in [0.29, 0.717) is 16.8 Å². The Morgan fingerprint density at radius 1 is 1.25 bits per heavy atom. The Morgan fingerprint density at radius 2 is 1.85 bits per heavy atom. The minimum Gasteiger partial charge on any atom is -0.345 e. The Morgan fingerprint density at radius 3 is 2.40 bits per heavy atom. The first-order chi connectivity index (χ1) is 9.29. The van der Waals surface area contributed by atoms with Crippen molar-refractivity contribution in [3.05, 3.63) is 42.0 Å². The van der Waals surface area contributed by atoms with Gasteiger partial charge in [-0.1, -0.05) is 24.8 Å². The van der Waals surface area contributed by atoms with Crippen molar-refractivity contribution in [3.63, 3.8) is 0 Å². The topological polar surface area (TPSA) is 49.4 Å². The highest BCUT2D eigenvalue weighted by Gasteiger charge is 2.33. The first kappa shape index (κ1) is 14.1. The van der Waals surface area contributed by atoms with Crippen LogP contribution in [-0.4, -0.2) is 36.0 Å². The molecule has 0 aliphatic carbocycles. The van der Waals surface area contributed by atoms with Crippen molar-refractivity contribution in [1.29, 1.82) is 0 Å². The Bertz CT molecular complexity index is 546. The van der Waals surface area contributed by atoms with Crippen LogP contribution in [0.3, 0.4) is 0 Å². The molecule has 0 spiro atoms. The number of fused-ring (bicyclic) bond motifs is 1. The fourth-order valence-corrected chi connectivity index (χ4v) is 1.90. The number of alkyl halides is 3. The second-order valence-electron chi connectivity index (χ2n) is 4.28. The molecule has 1 heterocycles. The van der Waals surface area contributed by atoms with Gasteiger partial charge in [-0.05, 0) is 6.07 Å². The molecule has 20 heavy (non-hydrogen) atoms. The van der Waals surface area contributed by atoms with Crippen LogP contribution in [0.2, 0.25) is 0 Å². The summed E-state index contributed by atoms with van der Waals surface area (Å²) in [6.45, 7) is 1.79. The van der Waals surface area contributed by atoms with Gasteiger partial charge in [0.05, 0.1) is 0 Å². The Balaban J connectivity index is 2.04. The van der Waals surface area contributed by atoms with Crippen LogP contribution >= 0.6 is 0 Å². The molecule has 0 atom stereocenters. The highest BCUT2D eigenvalue weighted by atomic mass is 19.4. The molecule has 0 saturated heterocycles. The zero-order valence-electron chi connectivity index (χ0n) is 10.3. The number of hydrogen-bond acceptors (Lipinski definition) is 2. The van der Waals surface area contributed by atoms with Crippen molar-refractivity contribution in [1.82, 2.24) is 10.2 Å². The summed E-state index contributed by atoms with van der Waals surface area (Å²) < 4.78 is 36.0. The standard InChI is InChI=1S/C13H11F3N2O2/c1-8-9-4-2-3-5-10(9)12(20)18(8)6-11(19)17-7-13(14,15)16/h2-5H,1,6-7H2,(H,17,19). The van der Waals surface area contributed by atoms with Crippen LogP contribution in [0.15, 0.2) is 30.8 Å². The first-order valence-electron chi connectivity index (χ1n) is 5.73. The van der Waals surface area contributed by atoms with Crippen molar-refractivity contribution in [2.75, 3.05) is 13.1 Å². The largest absolute Gasteiger partial charge is 0.405 e. The van der Waals surface area contributed by atoms with Crippen molar-refractivity contribution in [3.8, 4) is 0 Å². The highest BCUT2D eigenvalue weighted by molar-refractivity contribution is 6.10. The molecule has 4 nitrogen and oxygen atoms in total. The van der Waals surface area contributed by atoms with E-state index in [1.165, 1.54) is 0 Å². The van der Waals surface area contributed by atoms with Crippen LogP contribution < -0.4 is 5.32 Å². The van der Waals surface area contributed by atoms with Gasteiger partial charge in [-0.3, -0.25) is 14.5 Å². The van der Waals surface area contributed by atoms with E-state index in [4.69, 9.17) is 0 Å². The maximum absolute atomic E-state index is 12.0. The molecule has 1 aliphatic rings. The average Bonchev–Trinajstić information content (AvgIpc) is 2.62. The van der Waals surface area contributed by atoms with Gasteiger partial charge in [-0.15, -0.1) is 0 Å². The van der Waals surface area contributed by atoms with E-state index in [0.717, 1.165) is 4.90 Å². The number of nitrogens with one attached hydrogen (secondary N) is 1. The van der Waals surface area contributed by atoms with Gasteiger partial charge in [0.2, 0.25) is 5.91 Å². The molecule has 0 unspecified atom stereocenters. The molecule has 7 heteroatoms. The van der Waals surface area contributed by atoms with E-state index in [1.807, 2.05) is 0 Å². The molecule has 0 fully saturated rings. The predicted octanol–water partition coefficient (Wildman–Crippen LogP) is 1.79.